The van der Waals surface area contributed by atoms with E-state index in [1.807, 2.05) is 32.2 Å². The minimum atomic E-state index is -0.0493. The smallest absolute Gasteiger partial charge is 0.138 e. The lowest BCUT2D eigenvalue weighted by atomic mass is 10.2. The van der Waals surface area contributed by atoms with E-state index in [0.29, 0.717) is 0 Å². The van der Waals surface area contributed by atoms with Crippen LogP contribution in [0, 0.1) is 6.92 Å². The molecule has 0 fully saturated rings. The Bertz CT molecular complexity index is 575. The third-order valence-corrected chi connectivity index (χ3v) is 4.38. The first-order chi connectivity index (χ1) is 9.06. The molecule has 0 spiro atoms. The zero-order valence-corrected chi connectivity index (χ0v) is 13.9. The second kappa shape index (κ2) is 6.73. The molecule has 5 heteroatoms. The van der Waals surface area contributed by atoms with Crippen molar-refractivity contribution >= 4 is 39.3 Å². The van der Waals surface area contributed by atoms with Gasteiger partial charge < -0.3 is 0 Å². The van der Waals surface area contributed by atoms with E-state index in [1.54, 1.807) is 11.8 Å². The molecule has 2 rings (SSSR count). The van der Waals surface area contributed by atoms with Crippen LogP contribution >= 0.6 is 39.3 Å². The summed E-state index contributed by atoms with van der Waals surface area (Å²) in [6.45, 7) is 3.91. The molecule has 2 nitrogen and oxygen atoms in total. The summed E-state index contributed by atoms with van der Waals surface area (Å²) in [6.07, 6.45) is 1.83. The number of benzene rings is 1. The lowest BCUT2D eigenvalue weighted by molar-refractivity contribution is 0.924. The maximum Gasteiger partial charge on any atom is 0.138 e. The van der Waals surface area contributed by atoms with E-state index in [2.05, 4.69) is 38.0 Å². The zero-order chi connectivity index (χ0) is 13.8. The summed E-state index contributed by atoms with van der Waals surface area (Å²) in [5.74, 6) is 1.59. The molecular weight excluding hydrogens is 344 g/mol. The summed E-state index contributed by atoms with van der Waals surface area (Å²) in [4.78, 5) is 10.1. The summed E-state index contributed by atoms with van der Waals surface area (Å²) in [5, 5.41) is -0.0493. The Labute approximate surface area is 131 Å². The second-order valence-corrected chi connectivity index (χ2v) is 6.81. The van der Waals surface area contributed by atoms with E-state index in [-0.39, 0.29) is 5.38 Å². The van der Waals surface area contributed by atoms with Gasteiger partial charge in [0.25, 0.3) is 0 Å². The number of halogens is 2. The first-order valence-electron chi connectivity index (χ1n) is 5.91. The number of hydrogen-bond acceptors (Lipinski definition) is 3. The average Bonchev–Trinajstić information content (AvgIpc) is 2.36. The van der Waals surface area contributed by atoms with Crippen LogP contribution in [0.1, 0.15) is 29.4 Å². The van der Waals surface area contributed by atoms with Crippen LogP contribution in [0.4, 0.5) is 0 Å². The van der Waals surface area contributed by atoms with Gasteiger partial charge in [-0.25, -0.2) is 9.97 Å². The number of alkyl halides is 1. The number of hydrogen-bond donors (Lipinski definition) is 0. The maximum atomic E-state index is 6.06. The Hall–Kier alpha value is -0.580. The van der Waals surface area contributed by atoms with Gasteiger partial charge in [-0.15, -0.1) is 23.4 Å². The van der Waals surface area contributed by atoms with Crippen LogP contribution in [0.25, 0.3) is 0 Å². The first-order valence-corrected chi connectivity index (χ1v) is 8.12. The second-order valence-electron chi connectivity index (χ2n) is 4.19. The van der Waals surface area contributed by atoms with Crippen molar-refractivity contribution in [2.24, 2.45) is 0 Å². The fraction of sp³-hybridized carbons (Fsp3) is 0.286. The Kier molecular flexibility index (Phi) is 5.25. The summed E-state index contributed by atoms with van der Waals surface area (Å²) in [5.41, 5.74) is 1.96. The van der Waals surface area contributed by atoms with E-state index in [0.717, 1.165) is 27.3 Å². The molecule has 0 radical (unpaired) electrons. The molecule has 1 aromatic heterocycles. The number of aryl methyl sites for hydroxylation is 1. The predicted octanol–water partition coefficient (Wildman–Crippen LogP) is 5.14. The molecule has 0 aliphatic rings. The fourth-order valence-electron chi connectivity index (χ4n) is 1.69. The zero-order valence-electron chi connectivity index (χ0n) is 10.7. The fourth-order valence-corrected chi connectivity index (χ4v) is 3.27. The molecule has 0 amide bonds. The third-order valence-electron chi connectivity index (χ3n) is 2.66. The topological polar surface area (TPSA) is 25.8 Å². The van der Waals surface area contributed by atoms with E-state index < -0.39 is 0 Å². The summed E-state index contributed by atoms with van der Waals surface area (Å²) < 4.78 is 1.08. The SMILES string of the molecule is Cc1nc(CSc2cccc(Br)c2)ncc1C(C)Cl. The van der Waals surface area contributed by atoms with Crippen LogP contribution in [0.3, 0.4) is 0 Å². The Morgan fingerprint density at radius 2 is 2.21 bits per heavy atom. The molecule has 0 aliphatic carbocycles. The van der Waals surface area contributed by atoms with Gasteiger partial charge in [0.05, 0.1) is 11.1 Å². The van der Waals surface area contributed by atoms with E-state index in [1.165, 1.54) is 4.90 Å². The van der Waals surface area contributed by atoms with Gasteiger partial charge >= 0.3 is 0 Å². The highest BCUT2D eigenvalue weighted by molar-refractivity contribution is 9.10. The molecule has 0 saturated carbocycles. The molecule has 0 N–H and O–H groups in total. The van der Waals surface area contributed by atoms with Gasteiger partial charge in [0.2, 0.25) is 0 Å². The van der Waals surface area contributed by atoms with Gasteiger partial charge in [-0.05, 0) is 32.0 Å². The molecule has 1 aromatic carbocycles. The van der Waals surface area contributed by atoms with Crippen molar-refractivity contribution in [2.75, 3.05) is 0 Å². The number of aromatic nitrogens is 2. The highest BCUT2D eigenvalue weighted by Gasteiger charge is 2.08. The van der Waals surface area contributed by atoms with Crippen molar-refractivity contribution in [2.45, 2.75) is 29.9 Å². The van der Waals surface area contributed by atoms with Crippen molar-refractivity contribution in [3.05, 3.63) is 52.0 Å². The van der Waals surface area contributed by atoms with E-state index in [9.17, 15) is 0 Å². The predicted molar refractivity (Wildman–Crippen MR) is 84.7 cm³/mol. The average molecular weight is 358 g/mol. The molecule has 0 saturated heterocycles. The van der Waals surface area contributed by atoms with Crippen molar-refractivity contribution in [1.82, 2.24) is 9.97 Å². The van der Waals surface area contributed by atoms with Gasteiger partial charge in [-0.2, -0.15) is 0 Å². The Balaban J connectivity index is 2.06. The van der Waals surface area contributed by atoms with Crippen molar-refractivity contribution in [3.8, 4) is 0 Å². The quantitative estimate of drug-likeness (QED) is 0.559. The monoisotopic (exact) mass is 356 g/mol. The van der Waals surface area contributed by atoms with Crippen molar-refractivity contribution in [3.63, 3.8) is 0 Å². The first kappa shape index (κ1) is 14.8. The van der Waals surface area contributed by atoms with Gasteiger partial charge in [0.15, 0.2) is 0 Å². The van der Waals surface area contributed by atoms with Crippen molar-refractivity contribution in [1.29, 1.82) is 0 Å². The highest BCUT2D eigenvalue weighted by atomic mass is 79.9. The third kappa shape index (κ3) is 4.20. The van der Waals surface area contributed by atoms with Crippen LogP contribution < -0.4 is 0 Å². The van der Waals surface area contributed by atoms with Gasteiger partial charge in [-0.3, -0.25) is 0 Å². The Morgan fingerprint density at radius 1 is 1.42 bits per heavy atom. The van der Waals surface area contributed by atoms with E-state index in [4.69, 9.17) is 11.6 Å². The molecule has 2 aromatic rings. The minimum Gasteiger partial charge on any atom is -0.240 e. The van der Waals surface area contributed by atoms with Crippen LogP contribution in [0.5, 0.6) is 0 Å². The molecule has 0 bridgehead atoms. The van der Waals surface area contributed by atoms with Crippen LogP contribution in [0.15, 0.2) is 39.8 Å². The summed E-state index contributed by atoms with van der Waals surface area (Å²) in [6, 6.07) is 8.21. The minimum absolute atomic E-state index is 0.0493. The van der Waals surface area contributed by atoms with E-state index >= 15 is 0 Å². The summed E-state index contributed by atoms with van der Waals surface area (Å²) >= 11 is 11.2. The number of nitrogens with zero attached hydrogens (tertiary/aromatic N) is 2. The molecule has 1 atom stereocenters. The number of rotatable bonds is 4. The summed E-state index contributed by atoms with van der Waals surface area (Å²) in [7, 11) is 0. The molecule has 19 heavy (non-hydrogen) atoms. The van der Waals surface area contributed by atoms with Gasteiger partial charge in [0.1, 0.15) is 5.82 Å². The number of thioether (sulfide) groups is 1. The maximum absolute atomic E-state index is 6.06. The molecule has 0 aliphatic heterocycles. The normalized spacial score (nSPS) is 12.4. The lowest BCUT2D eigenvalue weighted by Gasteiger charge is -2.08. The lowest BCUT2D eigenvalue weighted by Crippen LogP contribution is -2.00. The molecule has 1 heterocycles. The molecule has 1 unspecified atom stereocenters. The Morgan fingerprint density at radius 3 is 2.84 bits per heavy atom. The van der Waals surface area contributed by atoms with Gasteiger partial charge in [0, 0.05) is 26.8 Å². The largest absolute Gasteiger partial charge is 0.240 e. The molecular formula is C14H14BrClN2S. The molecule has 100 valence electrons. The standard InChI is InChI=1S/C14H14BrClN2S/c1-9(16)13-7-17-14(18-10(13)2)8-19-12-5-3-4-11(15)6-12/h3-7,9H,8H2,1-2H3. The highest BCUT2D eigenvalue weighted by Crippen LogP contribution is 2.25. The van der Waals surface area contributed by atoms with Crippen molar-refractivity contribution < 1.29 is 0 Å². The van der Waals surface area contributed by atoms with Gasteiger partial charge in [-0.1, -0.05) is 22.0 Å². The van der Waals surface area contributed by atoms with Crippen LogP contribution in [-0.2, 0) is 5.75 Å². The van der Waals surface area contributed by atoms with Crippen LogP contribution in [0.2, 0.25) is 0 Å². The van der Waals surface area contributed by atoms with Crippen LogP contribution in [-0.4, -0.2) is 9.97 Å².